The molecule has 152 valence electrons. The van der Waals surface area contributed by atoms with Crippen molar-refractivity contribution in [3.8, 4) is 11.5 Å². The van der Waals surface area contributed by atoms with E-state index < -0.39 is 11.2 Å². The molecule has 4 rings (SSSR count). The van der Waals surface area contributed by atoms with Gasteiger partial charge in [-0.05, 0) is 35.4 Å². The molecular weight excluding hydrogens is 382 g/mol. The van der Waals surface area contributed by atoms with Crippen molar-refractivity contribution in [1.82, 2.24) is 14.1 Å². The number of fused-ring (bicyclic) bond motifs is 1. The minimum atomic E-state index is -0.404. The molecule has 4 aromatic rings. The van der Waals surface area contributed by atoms with E-state index in [2.05, 4.69) is 4.98 Å². The van der Waals surface area contributed by atoms with Crippen LogP contribution < -0.4 is 20.7 Å². The van der Waals surface area contributed by atoms with Crippen molar-refractivity contribution in [2.24, 2.45) is 0 Å². The lowest BCUT2D eigenvalue weighted by Crippen LogP contribution is -2.40. The van der Waals surface area contributed by atoms with Crippen molar-refractivity contribution < 1.29 is 9.47 Å². The van der Waals surface area contributed by atoms with Crippen LogP contribution in [0.4, 0.5) is 0 Å². The van der Waals surface area contributed by atoms with E-state index in [0.717, 1.165) is 11.1 Å². The Morgan fingerprint density at radius 2 is 1.47 bits per heavy atom. The van der Waals surface area contributed by atoms with Gasteiger partial charge in [0, 0.05) is 12.3 Å². The second-order valence-corrected chi connectivity index (χ2v) is 6.84. The third kappa shape index (κ3) is 3.69. The molecule has 0 N–H and O–H groups in total. The van der Waals surface area contributed by atoms with Crippen molar-refractivity contribution >= 4 is 11.0 Å². The maximum Gasteiger partial charge on any atom is 0.332 e. The van der Waals surface area contributed by atoms with Crippen LogP contribution in [0, 0.1) is 0 Å². The summed E-state index contributed by atoms with van der Waals surface area (Å²) in [4.78, 5) is 30.6. The van der Waals surface area contributed by atoms with Crippen LogP contribution in [0.2, 0.25) is 0 Å². The van der Waals surface area contributed by atoms with Crippen LogP contribution in [0.25, 0.3) is 11.0 Å². The molecule has 0 bridgehead atoms. The summed E-state index contributed by atoms with van der Waals surface area (Å²) in [5.41, 5.74) is 1.61. The SMILES string of the molecule is COc1cc(Cn2c(=O)n(Cc3ccccc3)c(=O)c3ncccc32)cc(OC)c1. The summed E-state index contributed by atoms with van der Waals surface area (Å²) >= 11 is 0. The number of aromatic nitrogens is 3. The topological polar surface area (TPSA) is 75.4 Å². The number of benzene rings is 2. The van der Waals surface area contributed by atoms with E-state index in [9.17, 15) is 9.59 Å². The first-order chi connectivity index (χ1) is 14.6. The highest BCUT2D eigenvalue weighted by Gasteiger charge is 2.15. The summed E-state index contributed by atoms with van der Waals surface area (Å²) in [5.74, 6) is 1.25. The predicted octanol–water partition coefficient (Wildman–Crippen LogP) is 2.67. The van der Waals surface area contributed by atoms with Crippen LogP contribution in [-0.2, 0) is 13.1 Å². The number of nitrogens with zero attached hydrogens (tertiary/aromatic N) is 3. The van der Waals surface area contributed by atoms with Crippen LogP contribution in [0.5, 0.6) is 11.5 Å². The molecule has 0 aliphatic heterocycles. The zero-order valence-electron chi connectivity index (χ0n) is 16.7. The number of rotatable bonds is 6. The monoisotopic (exact) mass is 403 g/mol. The molecule has 0 atom stereocenters. The summed E-state index contributed by atoms with van der Waals surface area (Å²) in [6.45, 7) is 0.413. The van der Waals surface area contributed by atoms with Gasteiger partial charge >= 0.3 is 5.69 Å². The van der Waals surface area contributed by atoms with E-state index in [1.807, 2.05) is 42.5 Å². The fraction of sp³-hybridized carbons (Fsp3) is 0.174. The number of pyridine rings is 1. The van der Waals surface area contributed by atoms with Crippen molar-refractivity contribution in [2.75, 3.05) is 14.2 Å². The zero-order chi connectivity index (χ0) is 21.1. The normalized spacial score (nSPS) is 10.9. The highest BCUT2D eigenvalue weighted by Crippen LogP contribution is 2.23. The summed E-state index contributed by atoms with van der Waals surface area (Å²) in [6.07, 6.45) is 1.56. The fourth-order valence-corrected chi connectivity index (χ4v) is 3.44. The Balaban J connectivity index is 1.89. The van der Waals surface area contributed by atoms with Crippen molar-refractivity contribution in [1.29, 1.82) is 0 Å². The molecule has 2 aromatic heterocycles. The molecule has 0 fully saturated rings. The third-order valence-corrected chi connectivity index (χ3v) is 4.92. The van der Waals surface area contributed by atoms with Gasteiger partial charge < -0.3 is 9.47 Å². The van der Waals surface area contributed by atoms with E-state index in [4.69, 9.17) is 9.47 Å². The van der Waals surface area contributed by atoms with E-state index in [0.29, 0.717) is 17.0 Å². The van der Waals surface area contributed by atoms with Gasteiger partial charge in [-0.25, -0.2) is 9.78 Å². The molecular formula is C23H21N3O4. The number of methoxy groups -OCH3 is 2. The summed E-state index contributed by atoms with van der Waals surface area (Å²) in [7, 11) is 3.15. The molecule has 7 heteroatoms. The molecule has 7 nitrogen and oxygen atoms in total. The minimum absolute atomic E-state index is 0.173. The second-order valence-electron chi connectivity index (χ2n) is 6.84. The molecule has 0 radical (unpaired) electrons. The lowest BCUT2D eigenvalue weighted by atomic mass is 10.2. The predicted molar refractivity (Wildman–Crippen MR) is 114 cm³/mol. The van der Waals surface area contributed by atoms with Gasteiger partial charge in [-0.2, -0.15) is 0 Å². The quantitative estimate of drug-likeness (QED) is 0.495. The van der Waals surface area contributed by atoms with E-state index in [1.165, 1.54) is 4.57 Å². The van der Waals surface area contributed by atoms with Gasteiger partial charge in [0.25, 0.3) is 5.56 Å². The van der Waals surface area contributed by atoms with Crippen molar-refractivity contribution in [3.63, 3.8) is 0 Å². The number of ether oxygens (including phenoxy) is 2. The number of hydrogen-bond donors (Lipinski definition) is 0. The minimum Gasteiger partial charge on any atom is -0.497 e. The highest BCUT2D eigenvalue weighted by atomic mass is 16.5. The summed E-state index contributed by atoms with van der Waals surface area (Å²) in [5, 5.41) is 0. The molecule has 2 heterocycles. The maximum absolute atomic E-state index is 13.4. The highest BCUT2D eigenvalue weighted by molar-refractivity contribution is 5.73. The zero-order valence-corrected chi connectivity index (χ0v) is 16.7. The third-order valence-electron chi connectivity index (χ3n) is 4.92. The van der Waals surface area contributed by atoms with Gasteiger partial charge in [-0.1, -0.05) is 30.3 Å². The van der Waals surface area contributed by atoms with Gasteiger partial charge in [-0.15, -0.1) is 0 Å². The molecule has 2 aromatic carbocycles. The molecule has 0 spiro atoms. The van der Waals surface area contributed by atoms with Gasteiger partial charge in [0.2, 0.25) is 0 Å². The lowest BCUT2D eigenvalue weighted by molar-refractivity contribution is 0.393. The van der Waals surface area contributed by atoms with E-state index in [-0.39, 0.29) is 18.6 Å². The Bertz CT molecular complexity index is 1290. The van der Waals surface area contributed by atoms with Gasteiger partial charge in [0.05, 0.1) is 32.8 Å². The fourth-order valence-electron chi connectivity index (χ4n) is 3.44. The molecule has 30 heavy (non-hydrogen) atoms. The summed E-state index contributed by atoms with van der Waals surface area (Å²) in [6, 6.07) is 18.3. The van der Waals surface area contributed by atoms with E-state index in [1.54, 1.807) is 43.2 Å². The molecule has 0 unspecified atom stereocenters. The maximum atomic E-state index is 13.4. The average molecular weight is 403 g/mol. The number of hydrogen-bond acceptors (Lipinski definition) is 5. The first-order valence-electron chi connectivity index (χ1n) is 9.45. The Hall–Kier alpha value is -3.87. The molecule has 0 amide bonds. The van der Waals surface area contributed by atoms with Crippen LogP contribution in [-0.4, -0.2) is 28.3 Å². The second kappa shape index (κ2) is 8.24. The average Bonchev–Trinajstić information content (AvgIpc) is 2.80. The molecule has 0 saturated carbocycles. The molecule has 0 saturated heterocycles. The van der Waals surface area contributed by atoms with Crippen LogP contribution in [0.3, 0.4) is 0 Å². The van der Waals surface area contributed by atoms with Crippen molar-refractivity contribution in [2.45, 2.75) is 13.1 Å². The first kappa shape index (κ1) is 19.4. The molecule has 0 aliphatic rings. The van der Waals surface area contributed by atoms with Crippen molar-refractivity contribution in [3.05, 3.63) is 98.8 Å². The van der Waals surface area contributed by atoms with Crippen LogP contribution in [0.1, 0.15) is 11.1 Å². The summed E-state index contributed by atoms with van der Waals surface area (Å²) < 4.78 is 13.5. The lowest BCUT2D eigenvalue weighted by Gasteiger charge is -2.15. The smallest absolute Gasteiger partial charge is 0.332 e. The van der Waals surface area contributed by atoms with Gasteiger partial charge in [0.1, 0.15) is 11.5 Å². The Morgan fingerprint density at radius 1 is 0.800 bits per heavy atom. The van der Waals surface area contributed by atoms with Gasteiger partial charge in [0.15, 0.2) is 5.52 Å². The largest absolute Gasteiger partial charge is 0.497 e. The Morgan fingerprint density at radius 3 is 2.13 bits per heavy atom. The van der Waals surface area contributed by atoms with E-state index >= 15 is 0 Å². The molecule has 0 aliphatic carbocycles. The standard InChI is InChI=1S/C23H21N3O4/c1-29-18-11-17(12-19(13-18)30-2)15-25-20-9-6-10-24-21(20)22(27)26(23(25)28)14-16-7-4-3-5-8-16/h3-13H,14-15H2,1-2H3. The van der Waals surface area contributed by atoms with Crippen LogP contribution in [0.15, 0.2) is 76.4 Å². The Labute approximate surface area is 172 Å². The van der Waals surface area contributed by atoms with Gasteiger partial charge in [-0.3, -0.25) is 13.9 Å². The Kier molecular flexibility index (Phi) is 5.34. The van der Waals surface area contributed by atoms with Crippen LogP contribution >= 0.6 is 0 Å². The first-order valence-corrected chi connectivity index (χ1v) is 9.45.